The van der Waals surface area contributed by atoms with Crippen molar-refractivity contribution in [1.29, 1.82) is 0 Å². The van der Waals surface area contributed by atoms with Gasteiger partial charge in [0.1, 0.15) is 6.04 Å². The molecule has 7 heteroatoms. The van der Waals surface area contributed by atoms with Crippen molar-refractivity contribution in [3.05, 3.63) is 54.1 Å². The van der Waals surface area contributed by atoms with E-state index in [1.165, 1.54) is 0 Å². The van der Waals surface area contributed by atoms with E-state index in [0.29, 0.717) is 27.4 Å². The maximum absolute atomic E-state index is 12.9. The Morgan fingerprint density at radius 2 is 1.54 bits per heavy atom. The number of benzene rings is 2. The Labute approximate surface area is 148 Å². The molecule has 0 fully saturated rings. The average molecular weight is 351 g/mol. The number of aromatic nitrogens is 1. The lowest BCUT2D eigenvalue weighted by molar-refractivity contribution is -0.137. The second kappa shape index (κ2) is 7.18. The number of rotatable bonds is 6. The number of pyridine rings is 1. The Morgan fingerprint density at radius 1 is 1.00 bits per heavy atom. The number of primary amides is 1. The quantitative estimate of drug-likeness (QED) is 0.585. The number of hydrogen-bond acceptors (Lipinski definition) is 4. The third-order valence-corrected chi connectivity index (χ3v) is 4.11. The molecule has 1 atom stereocenters. The predicted molar refractivity (Wildman–Crippen MR) is 96.6 cm³/mol. The molecule has 0 saturated heterocycles. The van der Waals surface area contributed by atoms with Crippen LogP contribution < -0.4 is 11.1 Å². The Kier molecular flexibility index (Phi) is 4.79. The van der Waals surface area contributed by atoms with Crippen LogP contribution in [-0.2, 0) is 9.59 Å². The van der Waals surface area contributed by atoms with E-state index in [1.54, 1.807) is 36.4 Å². The molecule has 0 aliphatic carbocycles. The number of para-hydroxylation sites is 2. The van der Waals surface area contributed by atoms with Gasteiger partial charge in [-0.2, -0.15) is 0 Å². The summed E-state index contributed by atoms with van der Waals surface area (Å²) in [7, 11) is 0. The van der Waals surface area contributed by atoms with Crippen LogP contribution >= 0.6 is 0 Å². The zero-order valence-electron chi connectivity index (χ0n) is 13.8. The molecule has 0 bridgehead atoms. The lowest BCUT2D eigenvalue weighted by Gasteiger charge is -2.16. The minimum Gasteiger partial charge on any atom is -0.481 e. The van der Waals surface area contributed by atoms with Crippen molar-refractivity contribution in [2.24, 2.45) is 5.73 Å². The minimum absolute atomic E-state index is 0.0721. The molecular weight excluding hydrogens is 334 g/mol. The monoisotopic (exact) mass is 351 g/mol. The molecule has 1 aromatic heterocycles. The fourth-order valence-corrected chi connectivity index (χ4v) is 2.87. The van der Waals surface area contributed by atoms with Crippen LogP contribution in [0.2, 0.25) is 0 Å². The van der Waals surface area contributed by atoms with Crippen LogP contribution in [0.1, 0.15) is 23.2 Å². The van der Waals surface area contributed by atoms with Gasteiger partial charge in [0.2, 0.25) is 5.91 Å². The smallest absolute Gasteiger partial charge is 0.303 e. The third kappa shape index (κ3) is 3.46. The van der Waals surface area contributed by atoms with Crippen LogP contribution in [-0.4, -0.2) is 33.9 Å². The summed E-state index contributed by atoms with van der Waals surface area (Å²) in [6, 6.07) is 13.3. The van der Waals surface area contributed by atoms with Gasteiger partial charge in [-0.05, 0) is 18.6 Å². The number of amides is 2. The predicted octanol–water partition coefficient (Wildman–Crippen LogP) is 1.84. The van der Waals surface area contributed by atoms with Crippen LogP contribution in [0.4, 0.5) is 0 Å². The van der Waals surface area contributed by atoms with E-state index in [-0.39, 0.29) is 12.8 Å². The molecule has 0 unspecified atom stereocenters. The fraction of sp³-hybridized carbons (Fsp3) is 0.158. The maximum Gasteiger partial charge on any atom is 0.303 e. The number of carbonyl (C=O) groups is 3. The number of carbonyl (C=O) groups excluding carboxylic acids is 2. The largest absolute Gasteiger partial charge is 0.481 e. The molecule has 1 heterocycles. The zero-order valence-corrected chi connectivity index (χ0v) is 13.8. The molecule has 0 radical (unpaired) electrons. The SMILES string of the molecule is NC(=O)[C@@H](CCC(=O)O)NC(=O)c1c2ccccc2nc2ccccc12. The first-order valence-electron chi connectivity index (χ1n) is 8.07. The molecule has 4 N–H and O–H groups in total. The van der Waals surface area contributed by atoms with Crippen molar-refractivity contribution in [2.75, 3.05) is 0 Å². The summed E-state index contributed by atoms with van der Waals surface area (Å²) >= 11 is 0. The second-order valence-electron chi connectivity index (χ2n) is 5.88. The number of nitrogens with two attached hydrogens (primary N) is 1. The summed E-state index contributed by atoms with van der Waals surface area (Å²) in [4.78, 5) is 39.9. The highest BCUT2D eigenvalue weighted by molar-refractivity contribution is 6.16. The molecule has 132 valence electrons. The van der Waals surface area contributed by atoms with E-state index < -0.39 is 23.8 Å². The van der Waals surface area contributed by atoms with Crippen molar-refractivity contribution in [3.8, 4) is 0 Å². The summed E-state index contributed by atoms with van der Waals surface area (Å²) in [5, 5.41) is 12.7. The van der Waals surface area contributed by atoms with E-state index >= 15 is 0 Å². The van der Waals surface area contributed by atoms with E-state index in [1.807, 2.05) is 12.1 Å². The molecule has 0 aliphatic heterocycles. The molecule has 2 amide bonds. The van der Waals surface area contributed by atoms with Crippen molar-refractivity contribution >= 4 is 39.6 Å². The molecular formula is C19H17N3O4. The molecule has 7 nitrogen and oxygen atoms in total. The van der Waals surface area contributed by atoms with Gasteiger partial charge in [-0.15, -0.1) is 0 Å². The van der Waals surface area contributed by atoms with Crippen LogP contribution in [0.15, 0.2) is 48.5 Å². The summed E-state index contributed by atoms with van der Waals surface area (Å²) in [6.07, 6.45) is -0.344. The third-order valence-electron chi connectivity index (χ3n) is 4.11. The van der Waals surface area contributed by atoms with E-state index in [0.717, 1.165) is 0 Å². The number of aliphatic carboxylic acids is 1. The van der Waals surface area contributed by atoms with Gasteiger partial charge in [0.05, 0.1) is 16.6 Å². The first-order valence-corrected chi connectivity index (χ1v) is 8.07. The highest BCUT2D eigenvalue weighted by atomic mass is 16.4. The van der Waals surface area contributed by atoms with Gasteiger partial charge < -0.3 is 16.2 Å². The van der Waals surface area contributed by atoms with Gasteiger partial charge >= 0.3 is 5.97 Å². The van der Waals surface area contributed by atoms with E-state index in [2.05, 4.69) is 10.3 Å². The van der Waals surface area contributed by atoms with Crippen molar-refractivity contribution in [1.82, 2.24) is 10.3 Å². The van der Waals surface area contributed by atoms with Crippen LogP contribution in [0.3, 0.4) is 0 Å². The average Bonchev–Trinajstić information content (AvgIpc) is 2.62. The highest BCUT2D eigenvalue weighted by Crippen LogP contribution is 2.26. The zero-order chi connectivity index (χ0) is 18.7. The summed E-state index contributed by atoms with van der Waals surface area (Å²) in [5.41, 5.74) is 7.00. The maximum atomic E-state index is 12.9. The van der Waals surface area contributed by atoms with Gasteiger partial charge in [0.25, 0.3) is 5.91 Å². The van der Waals surface area contributed by atoms with Crippen LogP contribution in [0.5, 0.6) is 0 Å². The standard InChI is InChI=1S/C19H17N3O4/c20-18(25)15(9-10-16(23)24)22-19(26)17-11-5-1-3-7-13(11)21-14-8-4-2-6-12(14)17/h1-8,15H,9-10H2,(H2,20,25)(H,22,26)(H,23,24)/t15-/m1/s1. The highest BCUT2D eigenvalue weighted by Gasteiger charge is 2.23. The summed E-state index contributed by atoms with van der Waals surface area (Å²) in [5.74, 6) is -2.33. The van der Waals surface area contributed by atoms with Crippen LogP contribution in [0.25, 0.3) is 21.8 Å². The lowest BCUT2D eigenvalue weighted by Crippen LogP contribution is -2.44. The first kappa shape index (κ1) is 17.3. The van der Waals surface area contributed by atoms with Gasteiger partial charge in [0, 0.05) is 17.2 Å². The number of carboxylic acids is 1. The minimum atomic E-state index is -1.07. The summed E-state index contributed by atoms with van der Waals surface area (Å²) in [6.45, 7) is 0. The van der Waals surface area contributed by atoms with Crippen molar-refractivity contribution in [3.63, 3.8) is 0 Å². The van der Waals surface area contributed by atoms with Gasteiger partial charge in [-0.1, -0.05) is 36.4 Å². The van der Waals surface area contributed by atoms with Gasteiger partial charge in [-0.3, -0.25) is 14.4 Å². The Hall–Kier alpha value is -3.48. The van der Waals surface area contributed by atoms with Gasteiger partial charge in [-0.25, -0.2) is 4.98 Å². The molecule has 2 aromatic carbocycles. The summed E-state index contributed by atoms with van der Waals surface area (Å²) < 4.78 is 0. The number of nitrogens with zero attached hydrogens (tertiary/aromatic N) is 1. The number of fused-ring (bicyclic) bond motifs is 2. The Bertz CT molecular complexity index is 962. The molecule has 0 aliphatic rings. The topological polar surface area (TPSA) is 122 Å². The fourth-order valence-electron chi connectivity index (χ4n) is 2.87. The van der Waals surface area contributed by atoms with E-state index in [4.69, 9.17) is 10.8 Å². The van der Waals surface area contributed by atoms with Crippen molar-refractivity contribution < 1.29 is 19.5 Å². The molecule has 3 aromatic rings. The second-order valence-corrected chi connectivity index (χ2v) is 5.88. The van der Waals surface area contributed by atoms with Crippen molar-refractivity contribution in [2.45, 2.75) is 18.9 Å². The normalized spacial score (nSPS) is 12.0. The number of nitrogens with one attached hydrogen (secondary N) is 1. The Balaban J connectivity index is 2.05. The number of carboxylic acid groups (broad SMARTS) is 1. The lowest BCUT2D eigenvalue weighted by atomic mass is 10.0. The molecule has 3 rings (SSSR count). The van der Waals surface area contributed by atoms with E-state index in [9.17, 15) is 14.4 Å². The molecule has 0 spiro atoms. The Morgan fingerprint density at radius 3 is 2.04 bits per heavy atom. The first-order chi connectivity index (χ1) is 12.5. The van der Waals surface area contributed by atoms with Crippen LogP contribution in [0, 0.1) is 0 Å². The number of hydrogen-bond donors (Lipinski definition) is 3. The molecule has 0 saturated carbocycles. The van der Waals surface area contributed by atoms with Gasteiger partial charge in [0.15, 0.2) is 0 Å². The molecule has 26 heavy (non-hydrogen) atoms.